The van der Waals surface area contributed by atoms with Crippen molar-refractivity contribution in [2.45, 2.75) is 25.9 Å². The fourth-order valence-corrected chi connectivity index (χ4v) is 2.97. The Morgan fingerprint density at radius 3 is 2.23 bits per heavy atom. The number of carbonyl (C=O) groups is 1. The number of carbonyl (C=O) groups excluding carboxylic acids is 1. The Balaban J connectivity index is 1.49. The molecule has 0 spiro atoms. The Bertz CT molecular complexity index is 614. The number of aryl methyl sites for hydroxylation is 1. The number of fused-ring (bicyclic) bond motifs is 1. The van der Waals surface area contributed by atoms with E-state index in [0.29, 0.717) is 0 Å². The van der Waals surface area contributed by atoms with Gasteiger partial charge in [0.05, 0.1) is 0 Å². The van der Waals surface area contributed by atoms with Crippen LogP contribution in [-0.2, 0) is 19.5 Å². The molecule has 0 aliphatic carbocycles. The predicted molar refractivity (Wildman–Crippen MR) is 88.5 cm³/mol. The Morgan fingerprint density at radius 2 is 1.59 bits per heavy atom. The van der Waals surface area contributed by atoms with E-state index in [0.717, 1.165) is 32.5 Å². The lowest BCUT2D eigenvalue weighted by molar-refractivity contribution is 0.162. The van der Waals surface area contributed by atoms with Gasteiger partial charge in [0.1, 0.15) is 0 Å². The van der Waals surface area contributed by atoms with Crippen molar-refractivity contribution in [1.82, 2.24) is 9.80 Å². The van der Waals surface area contributed by atoms with E-state index in [2.05, 4.69) is 36.4 Å². The maximum Gasteiger partial charge on any atom is 0.320 e. The molecule has 1 aliphatic heterocycles. The van der Waals surface area contributed by atoms with Crippen molar-refractivity contribution in [1.29, 1.82) is 0 Å². The van der Waals surface area contributed by atoms with Crippen molar-refractivity contribution in [3.63, 3.8) is 0 Å². The number of nitrogens with zero attached hydrogens (tertiary/aromatic N) is 2. The van der Waals surface area contributed by atoms with Gasteiger partial charge in [-0.15, -0.1) is 0 Å². The highest BCUT2D eigenvalue weighted by Crippen LogP contribution is 2.23. The fourth-order valence-electron chi connectivity index (χ4n) is 2.97. The summed E-state index contributed by atoms with van der Waals surface area (Å²) in [5.41, 5.74) is 3.87. The van der Waals surface area contributed by atoms with Crippen molar-refractivity contribution in [3.05, 3.63) is 71.3 Å². The summed E-state index contributed by atoms with van der Waals surface area (Å²) < 4.78 is 0. The third kappa shape index (κ3) is 3.30. The Kier molecular flexibility index (Phi) is 4.42. The van der Waals surface area contributed by atoms with Gasteiger partial charge in [0.2, 0.25) is 0 Å². The number of hydrogen-bond donors (Lipinski definition) is 0. The maximum absolute atomic E-state index is 12.5. The molecular weight excluding hydrogens is 272 g/mol. The van der Waals surface area contributed by atoms with Crippen molar-refractivity contribution in [2.24, 2.45) is 0 Å². The highest BCUT2D eigenvalue weighted by atomic mass is 16.2. The smallest absolute Gasteiger partial charge is 0.320 e. The summed E-state index contributed by atoms with van der Waals surface area (Å²) in [5, 5.41) is 0. The number of hydrogen-bond acceptors (Lipinski definition) is 1. The minimum absolute atomic E-state index is 0.129. The van der Waals surface area contributed by atoms with Gasteiger partial charge in [-0.3, -0.25) is 0 Å². The second-order valence-corrected chi connectivity index (χ2v) is 5.92. The Labute approximate surface area is 132 Å². The summed E-state index contributed by atoms with van der Waals surface area (Å²) in [6.07, 6.45) is 2.01. The summed E-state index contributed by atoms with van der Waals surface area (Å²) >= 11 is 0. The van der Waals surface area contributed by atoms with Crippen molar-refractivity contribution < 1.29 is 4.79 Å². The fraction of sp³-hybridized carbons (Fsp3) is 0.316. The molecule has 2 aromatic rings. The molecule has 2 amide bonds. The highest BCUT2D eigenvalue weighted by Gasteiger charge is 2.24. The topological polar surface area (TPSA) is 23.6 Å². The van der Waals surface area contributed by atoms with E-state index in [4.69, 9.17) is 0 Å². The maximum atomic E-state index is 12.5. The average molecular weight is 294 g/mol. The van der Waals surface area contributed by atoms with E-state index in [1.165, 1.54) is 16.7 Å². The lowest BCUT2D eigenvalue weighted by atomic mass is 10.1. The first-order chi connectivity index (χ1) is 10.7. The molecule has 0 fully saturated rings. The Morgan fingerprint density at radius 1 is 1.00 bits per heavy atom. The summed E-state index contributed by atoms with van der Waals surface area (Å²) in [4.78, 5) is 16.3. The molecule has 1 heterocycles. The molecule has 0 N–H and O–H groups in total. The first kappa shape index (κ1) is 14.6. The monoisotopic (exact) mass is 294 g/mol. The van der Waals surface area contributed by atoms with Gasteiger partial charge < -0.3 is 9.80 Å². The summed E-state index contributed by atoms with van der Waals surface area (Å²) in [6, 6.07) is 18.9. The molecule has 0 bridgehead atoms. The molecule has 3 rings (SSSR count). The van der Waals surface area contributed by atoms with Crippen LogP contribution in [-0.4, -0.2) is 29.4 Å². The standard InChI is InChI=1S/C19H22N2O/c1-20(13-7-10-16-8-3-2-4-9-16)19(22)21-14-17-11-5-6-12-18(17)15-21/h2-6,8-9,11-12H,7,10,13-15H2,1H3. The number of urea groups is 1. The van der Waals surface area contributed by atoms with Crippen LogP contribution >= 0.6 is 0 Å². The predicted octanol–water partition coefficient (Wildman–Crippen LogP) is 3.69. The number of amides is 2. The Hall–Kier alpha value is -2.29. The molecule has 0 aromatic heterocycles. The normalized spacial score (nSPS) is 13.0. The molecule has 3 heteroatoms. The third-order valence-corrected chi connectivity index (χ3v) is 4.24. The molecule has 0 saturated carbocycles. The van der Waals surface area contributed by atoms with Gasteiger partial charge in [-0.1, -0.05) is 54.6 Å². The van der Waals surface area contributed by atoms with E-state index in [1.807, 2.05) is 35.0 Å². The van der Waals surface area contributed by atoms with Crippen LogP contribution in [0.2, 0.25) is 0 Å². The zero-order chi connectivity index (χ0) is 15.4. The van der Waals surface area contributed by atoms with Gasteiger partial charge in [0, 0.05) is 26.7 Å². The second-order valence-electron chi connectivity index (χ2n) is 5.92. The van der Waals surface area contributed by atoms with Crippen LogP contribution in [0.15, 0.2) is 54.6 Å². The minimum Gasteiger partial charge on any atom is -0.328 e. The second kappa shape index (κ2) is 6.65. The molecular formula is C19H22N2O. The van der Waals surface area contributed by atoms with Crippen molar-refractivity contribution >= 4 is 6.03 Å². The van der Waals surface area contributed by atoms with Crippen LogP contribution in [0.5, 0.6) is 0 Å². The van der Waals surface area contributed by atoms with Gasteiger partial charge >= 0.3 is 6.03 Å². The third-order valence-electron chi connectivity index (χ3n) is 4.24. The molecule has 0 radical (unpaired) electrons. The lowest BCUT2D eigenvalue weighted by Crippen LogP contribution is -2.38. The molecule has 3 nitrogen and oxygen atoms in total. The van der Waals surface area contributed by atoms with Crippen molar-refractivity contribution in [2.75, 3.05) is 13.6 Å². The van der Waals surface area contributed by atoms with Gasteiger partial charge in [-0.2, -0.15) is 0 Å². The molecule has 1 aliphatic rings. The van der Waals surface area contributed by atoms with Gasteiger partial charge in [-0.25, -0.2) is 4.79 Å². The molecule has 0 saturated heterocycles. The first-order valence-corrected chi connectivity index (χ1v) is 7.85. The van der Waals surface area contributed by atoms with Crippen molar-refractivity contribution in [3.8, 4) is 0 Å². The molecule has 114 valence electrons. The molecule has 0 unspecified atom stereocenters. The highest BCUT2D eigenvalue weighted by molar-refractivity contribution is 5.75. The van der Waals surface area contributed by atoms with Crippen LogP contribution in [0.1, 0.15) is 23.1 Å². The zero-order valence-corrected chi connectivity index (χ0v) is 13.0. The van der Waals surface area contributed by atoms with Crippen LogP contribution < -0.4 is 0 Å². The van der Waals surface area contributed by atoms with Gasteiger partial charge in [-0.05, 0) is 29.5 Å². The first-order valence-electron chi connectivity index (χ1n) is 7.85. The van der Waals surface area contributed by atoms with Crippen LogP contribution in [0.4, 0.5) is 4.79 Å². The molecule has 22 heavy (non-hydrogen) atoms. The van der Waals surface area contributed by atoms with Crippen LogP contribution in [0.25, 0.3) is 0 Å². The van der Waals surface area contributed by atoms with E-state index < -0.39 is 0 Å². The molecule has 2 aromatic carbocycles. The molecule has 0 atom stereocenters. The van der Waals surface area contributed by atoms with Gasteiger partial charge in [0.25, 0.3) is 0 Å². The van der Waals surface area contributed by atoms with E-state index in [9.17, 15) is 4.79 Å². The lowest BCUT2D eigenvalue weighted by Gasteiger charge is -2.24. The summed E-state index contributed by atoms with van der Waals surface area (Å²) in [6.45, 7) is 2.26. The number of benzene rings is 2. The summed E-state index contributed by atoms with van der Waals surface area (Å²) in [5.74, 6) is 0. The van der Waals surface area contributed by atoms with E-state index in [-0.39, 0.29) is 6.03 Å². The number of rotatable bonds is 4. The minimum atomic E-state index is 0.129. The van der Waals surface area contributed by atoms with E-state index >= 15 is 0 Å². The largest absolute Gasteiger partial charge is 0.328 e. The zero-order valence-electron chi connectivity index (χ0n) is 13.0. The van der Waals surface area contributed by atoms with Crippen LogP contribution in [0.3, 0.4) is 0 Å². The van der Waals surface area contributed by atoms with Gasteiger partial charge in [0.15, 0.2) is 0 Å². The van der Waals surface area contributed by atoms with Crippen LogP contribution in [0, 0.1) is 0 Å². The average Bonchev–Trinajstić information content (AvgIpc) is 2.99. The summed E-state index contributed by atoms with van der Waals surface area (Å²) in [7, 11) is 1.90. The quantitative estimate of drug-likeness (QED) is 0.843. The van der Waals surface area contributed by atoms with E-state index in [1.54, 1.807) is 0 Å². The SMILES string of the molecule is CN(CCCc1ccccc1)C(=O)N1Cc2ccccc2C1.